The Bertz CT molecular complexity index is 568. The van der Waals surface area contributed by atoms with Gasteiger partial charge in [0, 0.05) is 12.5 Å². The molecule has 3 heteroatoms. The summed E-state index contributed by atoms with van der Waals surface area (Å²) in [4.78, 5) is 0. The third-order valence-corrected chi connectivity index (χ3v) is 3.54. The summed E-state index contributed by atoms with van der Waals surface area (Å²) < 4.78 is 5.20. The fraction of sp³-hybridized carbons (Fsp3) is 0.294. The SMILES string of the molecule is COc1cccc(C(O)C(CN)c2cccc(C)c2)c1. The van der Waals surface area contributed by atoms with Gasteiger partial charge in [0.2, 0.25) is 0 Å². The van der Waals surface area contributed by atoms with E-state index in [9.17, 15) is 5.11 Å². The van der Waals surface area contributed by atoms with E-state index in [1.54, 1.807) is 7.11 Å². The van der Waals surface area contributed by atoms with E-state index in [0.717, 1.165) is 16.9 Å². The molecule has 2 aromatic carbocycles. The van der Waals surface area contributed by atoms with Gasteiger partial charge in [-0.15, -0.1) is 0 Å². The number of nitrogens with two attached hydrogens (primary N) is 1. The summed E-state index contributed by atoms with van der Waals surface area (Å²) in [5, 5.41) is 10.6. The van der Waals surface area contributed by atoms with Gasteiger partial charge >= 0.3 is 0 Å². The van der Waals surface area contributed by atoms with Crippen molar-refractivity contribution in [2.24, 2.45) is 5.73 Å². The van der Waals surface area contributed by atoms with Gasteiger partial charge in [0.15, 0.2) is 0 Å². The summed E-state index contributed by atoms with van der Waals surface area (Å²) in [6.45, 7) is 2.43. The van der Waals surface area contributed by atoms with Crippen molar-refractivity contribution >= 4 is 0 Å². The lowest BCUT2D eigenvalue weighted by Gasteiger charge is -2.23. The van der Waals surface area contributed by atoms with Gasteiger partial charge in [0.25, 0.3) is 0 Å². The van der Waals surface area contributed by atoms with Gasteiger partial charge in [-0.05, 0) is 30.2 Å². The molecule has 2 aromatic rings. The summed E-state index contributed by atoms with van der Waals surface area (Å²) in [5.41, 5.74) is 8.92. The van der Waals surface area contributed by atoms with Crippen LogP contribution in [-0.2, 0) is 0 Å². The molecule has 3 N–H and O–H groups in total. The largest absolute Gasteiger partial charge is 0.497 e. The zero-order valence-corrected chi connectivity index (χ0v) is 11.9. The predicted octanol–water partition coefficient (Wildman–Crippen LogP) is 2.78. The van der Waals surface area contributed by atoms with Crippen molar-refractivity contribution in [3.05, 3.63) is 65.2 Å². The van der Waals surface area contributed by atoms with Crippen LogP contribution in [0, 0.1) is 6.92 Å². The molecule has 106 valence electrons. The molecule has 2 rings (SSSR count). The monoisotopic (exact) mass is 271 g/mol. The Labute approximate surface area is 120 Å². The van der Waals surface area contributed by atoms with E-state index in [1.807, 2.05) is 49.4 Å². The molecular formula is C17H21NO2. The molecule has 3 nitrogen and oxygen atoms in total. The van der Waals surface area contributed by atoms with E-state index >= 15 is 0 Å². The zero-order valence-electron chi connectivity index (χ0n) is 11.9. The van der Waals surface area contributed by atoms with Crippen molar-refractivity contribution in [3.63, 3.8) is 0 Å². The Morgan fingerprint density at radius 1 is 1.10 bits per heavy atom. The van der Waals surface area contributed by atoms with Gasteiger partial charge in [-0.3, -0.25) is 0 Å². The molecule has 0 spiro atoms. The molecule has 0 aliphatic rings. The maximum atomic E-state index is 10.6. The van der Waals surface area contributed by atoms with Crippen LogP contribution in [0.25, 0.3) is 0 Å². The highest BCUT2D eigenvalue weighted by Gasteiger charge is 2.21. The highest BCUT2D eigenvalue weighted by molar-refractivity contribution is 5.34. The Morgan fingerprint density at radius 3 is 2.45 bits per heavy atom. The highest BCUT2D eigenvalue weighted by Crippen LogP contribution is 2.31. The number of ether oxygens (including phenoxy) is 1. The third-order valence-electron chi connectivity index (χ3n) is 3.54. The van der Waals surface area contributed by atoms with Gasteiger partial charge in [-0.25, -0.2) is 0 Å². The smallest absolute Gasteiger partial charge is 0.119 e. The van der Waals surface area contributed by atoms with Crippen LogP contribution in [0.2, 0.25) is 0 Å². The van der Waals surface area contributed by atoms with Crippen molar-refractivity contribution in [1.29, 1.82) is 0 Å². The zero-order chi connectivity index (χ0) is 14.5. The van der Waals surface area contributed by atoms with Gasteiger partial charge < -0.3 is 15.6 Å². The van der Waals surface area contributed by atoms with Crippen LogP contribution in [0.4, 0.5) is 0 Å². The van der Waals surface area contributed by atoms with Crippen LogP contribution in [0.3, 0.4) is 0 Å². The number of aliphatic hydroxyl groups is 1. The first kappa shape index (κ1) is 14.6. The van der Waals surface area contributed by atoms with Crippen LogP contribution in [0.5, 0.6) is 5.75 Å². The topological polar surface area (TPSA) is 55.5 Å². The molecule has 2 atom stereocenters. The molecule has 0 bridgehead atoms. The molecule has 0 saturated heterocycles. The Hall–Kier alpha value is -1.84. The van der Waals surface area contributed by atoms with Gasteiger partial charge in [-0.1, -0.05) is 42.0 Å². The molecule has 0 radical (unpaired) electrons. The normalized spacial score (nSPS) is 13.8. The van der Waals surface area contributed by atoms with Crippen LogP contribution < -0.4 is 10.5 Å². The van der Waals surface area contributed by atoms with Gasteiger partial charge in [-0.2, -0.15) is 0 Å². The first-order chi connectivity index (χ1) is 9.65. The number of aryl methyl sites for hydroxylation is 1. The molecule has 0 aliphatic heterocycles. The second-order valence-electron chi connectivity index (χ2n) is 4.98. The van der Waals surface area contributed by atoms with Crippen molar-refractivity contribution in [3.8, 4) is 5.75 Å². The van der Waals surface area contributed by atoms with Crippen LogP contribution in [-0.4, -0.2) is 18.8 Å². The number of methoxy groups -OCH3 is 1. The maximum Gasteiger partial charge on any atom is 0.119 e. The molecular weight excluding hydrogens is 250 g/mol. The Kier molecular flexibility index (Phi) is 4.77. The molecule has 0 heterocycles. The second-order valence-corrected chi connectivity index (χ2v) is 4.98. The Morgan fingerprint density at radius 2 is 1.80 bits per heavy atom. The number of rotatable bonds is 5. The first-order valence-electron chi connectivity index (χ1n) is 6.74. The van der Waals surface area contributed by atoms with Crippen LogP contribution in [0.1, 0.15) is 28.7 Å². The first-order valence-corrected chi connectivity index (χ1v) is 6.74. The Balaban J connectivity index is 2.30. The molecule has 2 unspecified atom stereocenters. The molecule has 0 aromatic heterocycles. The summed E-state index contributed by atoms with van der Waals surface area (Å²) >= 11 is 0. The van der Waals surface area contributed by atoms with Gasteiger partial charge in [0.1, 0.15) is 5.75 Å². The van der Waals surface area contributed by atoms with Crippen LogP contribution >= 0.6 is 0 Å². The minimum atomic E-state index is -0.642. The lowest BCUT2D eigenvalue weighted by atomic mass is 9.88. The molecule has 0 amide bonds. The minimum absolute atomic E-state index is 0.123. The summed E-state index contributed by atoms with van der Waals surface area (Å²) in [5.74, 6) is 0.614. The standard InChI is InChI=1S/C17H21NO2/c1-12-5-3-6-13(9-12)16(11-18)17(19)14-7-4-8-15(10-14)20-2/h3-10,16-17,19H,11,18H2,1-2H3. The van der Waals surface area contributed by atoms with Crippen molar-refractivity contribution < 1.29 is 9.84 Å². The number of aliphatic hydroxyl groups excluding tert-OH is 1. The van der Waals surface area contributed by atoms with E-state index in [-0.39, 0.29) is 5.92 Å². The average Bonchev–Trinajstić information content (AvgIpc) is 2.48. The molecule has 0 aliphatic carbocycles. The number of hydrogen-bond donors (Lipinski definition) is 2. The minimum Gasteiger partial charge on any atom is -0.497 e. The van der Waals surface area contributed by atoms with Crippen molar-refractivity contribution in [2.75, 3.05) is 13.7 Å². The van der Waals surface area contributed by atoms with Crippen molar-refractivity contribution in [1.82, 2.24) is 0 Å². The second kappa shape index (κ2) is 6.55. The quantitative estimate of drug-likeness (QED) is 0.879. The molecule has 20 heavy (non-hydrogen) atoms. The maximum absolute atomic E-state index is 10.6. The average molecular weight is 271 g/mol. The van der Waals surface area contributed by atoms with E-state index < -0.39 is 6.10 Å². The lowest BCUT2D eigenvalue weighted by Crippen LogP contribution is -2.20. The fourth-order valence-electron chi connectivity index (χ4n) is 2.41. The van der Waals surface area contributed by atoms with E-state index in [0.29, 0.717) is 6.54 Å². The van der Waals surface area contributed by atoms with Gasteiger partial charge in [0.05, 0.1) is 13.2 Å². The highest BCUT2D eigenvalue weighted by atomic mass is 16.5. The number of hydrogen-bond acceptors (Lipinski definition) is 3. The summed E-state index contributed by atoms with van der Waals surface area (Å²) in [6.07, 6.45) is -0.642. The lowest BCUT2D eigenvalue weighted by molar-refractivity contribution is 0.147. The summed E-state index contributed by atoms with van der Waals surface area (Å²) in [7, 11) is 1.62. The molecule has 0 fully saturated rings. The van der Waals surface area contributed by atoms with E-state index in [1.165, 1.54) is 5.56 Å². The molecule has 0 saturated carbocycles. The van der Waals surface area contributed by atoms with E-state index in [4.69, 9.17) is 10.5 Å². The van der Waals surface area contributed by atoms with Crippen LogP contribution in [0.15, 0.2) is 48.5 Å². The predicted molar refractivity (Wildman–Crippen MR) is 80.9 cm³/mol. The van der Waals surface area contributed by atoms with E-state index in [2.05, 4.69) is 6.07 Å². The van der Waals surface area contributed by atoms with Crippen molar-refractivity contribution in [2.45, 2.75) is 18.9 Å². The number of benzene rings is 2. The third kappa shape index (κ3) is 3.18. The fourth-order valence-corrected chi connectivity index (χ4v) is 2.41. The summed E-state index contributed by atoms with van der Waals surface area (Å²) in [6, 6.07) is 15.6.